The van der Waals surface area contributed by atoms with E-state index in [0.717, 1.165) is 5.56 Å². The fraction of sp³-hybridized carbons (Fsp3) is 0. The molecular formula is C13H6Cl2N4. The van der Waals surface area contributed by atoms with Gasteiger partial charge >= 0.3 is 0 Å². The number of hydrogen-bond donors (Lipinski definition) is 0. The first-order valence-corrected chi connectivity index (χ1v) is 6.15. The highest BCUT2D eigenvalue weighted by molar-refractivity contribution is 6.42. The van der Waals surface area contributed by atoms with Gasteiger partial charge in [-0.15, -0.1) is 5.10 Å². The molecule has 0 aliphatic heterocycles. The lowest BCUT2D eigenvalue weighted by atomic mass is 10.2. The topological polar surface area (TPSA) is 54.0 Å². The summed E-state index contributed by atoms with van der Waals surface area (Å²) in [5, 5.41) is 14.1. The second-order valence-electron chi connectivity index (χ2n) is 3.90. The Morgan fingerprint density at radius 3 is 2.68 bits per heavy atom. The van der Waals surface area contributed by atoms with Gasteiger partial charge in [0.15, 0.2) is 11.5 Å². The van der Waals surface area contributed by atoms with Crippen LogP contribution in [0.3, 0.4) is 0 Å². The molecule has 0 unspecified atom stereocenters. The Morgan fingerprint density at radius 2 is 1.95 bits per heavy atom. The Hall–Kier alpha value is -2.09. The number of halogens is 2. The van der Waals surface area contributed by atoms with Crippen LogP contribution >= 0.6 is 23.2 Å². The highest BCUT2D eigenvalue weighted by Crippen LogP contribution is 2.27. The standard InChI is InChI=1S/C13H6Cl2N4/c14-10-3-2-9(5-11(10)15)13-17-12-4-1-8(6-16)7-19(12)18-13/h1-5,7H. The fourth-order valence-electron chi connectivity index (χ4n) is 1.71. The molecule has 3 aromatic rings. The lowest BCUT2D eigenvalue weighted by Gasteiger charge is -1.97. The second-order valence-corrected chi connectivity index (χ2v) is 4.71. The van der Waals surface area contributed by atoms with Crippen molar-refractivity contribution in [2.24, 2.45) is 0 Å². The van der Waals surface area contributed by atoms with Crippen molar-refractivity contribution in [1.82, 2.24) is 14.6 Å². The number of rotatable bonds is 1. The smallest absolute Gasteiger partial charge is 0.182 e. The van der Waals surface area contributed by atoms with Gasteiger partial charge in [-0.2, -0.15) is 5.26 Å². The lowest BCUT2D eigenvalue weighted by Crippen LogP contribution is -1.88. The first-order chi connectivity index (χ1) is 9.17. The van der Waals surface area contributed by atoms with Gasteiger partial charge in [-0.1, -0.05) is 23.2 Å². The average Bonchev–Trinajstić information content (AvgIpc) is 2.84. The van der Waals surface area contributed by atoms with Crippen LogP contribution in [0.4, 0.5) is 0 Å². The monoisotopic (exact) mass is 288 g/mol. The lowest BCUT2D eigenvalue weighted by molar-refractivity contribution is 0.962. The SMILES string of the molecule is N#Cc1ccc2nc(-c3ccc(Cl)c(Cl)c3)nn2c1. The summed E-state index contributed by atoms with van der Waals surface area (Å²) in [6.07, 6.45) is 1.63. The Kier molecular flexibility index (Phi) is 2.86. The van der Waals surface area contributed by atoms with Crippen molar-refractivity contribution < 1.29 is 0 Å². The maximum atomic E-state index is 8.84. The molecule has 0 radical (unpaired) electrons. The van der Waals surface area contributed by atoms with Crippen LogP contribution in [0, 0.1) is 11.3 Å². The molecule has 2 aromatic heterocycles. The molecule has 0 atom stereocenters. The van der Waals surface area contributed by atoms with Gasteiger partial charge in [0, 0.05) is 11.8 Å². The minimum absolute atomic E-state index is 0.454. The summed E-state index contributed by atoms with van der Waals surface area (Å²) in [5.41, 5.74) is 1.97. The zero-order valence-electron chi connectivity index (χ0n) is 9.51. The molecule has 0 fully saturated rings. The molecule has 4 nitrogen and oxygen atoms in total. The van der Waals surface area contributed by atoms with E-state index in [0.29, 0.717) is 27.1 Å². The van der Waals surface area contributed by atoms with E-state index < -0.39 is 0 Å². The summed E-state index contributed by atoms with van der Waals surface area (Å²) in [6.45, 7) is 0. The fourth-order valence-corrected chi connectivity index (χ4v) is 2.00. The maximum Gasteiger partial charge on any atom is 0.182 e. The highest BCUT2D eigenvalue weighted by Gasteiger charge is 2.08. The highest BCUT2D eigenvalue weighted by atomic mass is 35.5. The summed E-state index contributed by atoms with van der Waals surface area (Å²) < 4.78 is 1.57. The van der Waals surface area contributed by atoms with Crippen molar-refractivity contribution in [1.29, 1.82) is 5.26 Å². The quantitative estimate of drug-likeness (QED) is 0.688. The molecule has 0 aliphatic carbocycles. The molecule has 0 amide bonds. The van der Waals surface area contributed by atoms with Crippen molar-refractivity contribution in [3.8, 4) is 17.5 Å². The van der Waals surface area contributed by atoms with Crippen molar-refractivity contribution in [2.75, 3.05) is 0 Å². The van der Waals surface area contributed by atoms with Gasteiger partial charge < -0.3 is 0 Å². The summed E-state index contributed by atoms with van der Waals surface area (Å²) in [5.74, 6) is 0.536. The summed E-state index contributed by atoms with van der Waals surface area (Å²) in [7, 11) is 0. The van der Waals surface area contributed by atoms with Crippen molar-refractivity contribution in [3.05, 3.63) is 52.1 Å². The van der Waals surface area contributed by atoms with Crippen molar-refractivity contribution in [3.63, 3.8) is 0 Å². The molecule has 3 rings (SSSR count). The molecule has 0 N–H and O–H groups in total. The van der Waals surface area contributed by atoms with Gasteiger partial charge in [0.1, 0.15) is 6.07 Å². The Bertz CT molecular complexity index is 817. The largest absolute Gasteiger partial charge is 0.219 e. The first kappa shape index (κ1) is 12.0. The van der Waals surface area contributed by atoms with Crippen LogP contribution in [0.5, 0.6) is 0 Å². The summed E-state index contributed by atoms with van der Waals surface area (Å²) >= 11 is 11.8. The molecule has 0 bridgehead atoms. The van der Waals surface area contributed by atoms with Crippen LogP contribution in [0.2, 0.25) is 10.0 Å². The maximum absolute atomic E-state index is 8.84. The van der Waals surface area contributed by atoms with Crippen LogP contribution in [0.15, 0.2) is 36.5 Å². The molecule has 92 valence electrons. The van der Waals surface area contributed by atoms with Crippen LogP contribution in [0.25, 0.3) is 17.0 Å². The number of aromatic nitrogens is 3. The Labute approximate surface area is 118 Å². The normalized spacial score (nSPS) is 10.6. The van der Waals surface area contributed by atoms with Crippen LogP contribution < -0.4 is 0 Å². The number of fused-ring (bicyclic) bond motifs is 1. The molecular weight excluding hydrogens is 283 g/mol. The predicted molar refractivity (Wildman–Crippen MR) is 73.2 cm³/mol. The number of pyridine rings is 1. The van der Waals surface area contributed by atoms with Crippen LogP contribution in [-0.2, 0) is 0 Å². The average molecular weight is 289 g/mol. The molecule has 19 heavy (non-hydrogen) atoms. The van der Waals surface area contributed by atoms with E-state index in [2.05, 4.69) is 16.2 Å². The predicted octanol–water partition coefficient (Wildman–Crippen LogP) is 3.57. The third kappa shape index (κ3) is 2.14. The van der Waals surface area contributed by atoms with Gasteiger partial charge in [0.05, 0.1) is 15.6 Å². The number of benzene rings is 1. The van der Waals surface area contributed by atoms with Gasteiger partial charge in [-0.05, 0) is 30.3 Å². The number of nitrogens with zero attached hydrogens (tertiary/aromatic N) is 4. The van der Waals surface area contributed by atoms with E-state index in [1.165, 1.54) is 0 Å². The first-order valence-electron chi connectivity index (χ1n) is 5.39. The number of hydrogen-bond acceptors (Lipinski definition) is 3. The second kappa shape index (κ2) is 4.54. The summed E-state index contributed by atoms with van der Waals surface area (Å²) in [4.78, 5) is 4.37. The molecule has 1 aromatic carbocycles. The zero-order chi connectivity index (χ0) is 13.4. The van der Waals surface area contributed by atoms with E-state index in [1.54, 1.807) is 41.0 Å². The van der Waals surface area contributed by atoms with E-state index in [-0.39, 0.29) is 0 Å². The van der Waals surface area contributed by atoms with Gasteiger partial charge in [-0.3, -0.25) is 0 Å². The number of nitriles is 1. The van der Waals surface area contributed by atoms with Gasteiger partial charge in [0.25, 0.3) is 0 Å². The molecule has 0 spiro atoms. The van der Waals surface area contributed by atoms with Crippen molar-refractivity contribution in [2.45, 2.75) is 0 Å². The third-order valence-corrected chi connectivity index (χ3v) is 3.38. The third-order valence-electron chi connectivity index (χ3n) is 2.64. The van der Waals surface area contributed by atoms with E-state index in [4.69, 9.17) is 28.5 Å². The van der Waals surface area contributed by atoms with E-state index in [1.807, 2.05) is 0 Å². The molecule has 2 heterocycles. The molecule has 0 saturated heterocycles. The molecule has 0 saturated carbocycles. The Morgan fingerprint density at radius 1 is 1.11 bits per heavy atom. The minimum atomic E-state index is 0.454. The van der Waals surface area contributed by atoms with E-state index in [9.17, 15) is 0 Å². The molecule has 0 aliphatic rings. The van der Waals surface area contributed by atoms with Gasteiger partial charge in [-0.25, -0.2) is 9.50 Å². The minimum Gasteiger partial charge on any atom is -0.219 e. The summed E-state index contributed by atoms with van der Waals surface area (Å²) in [6, 6.07) is 10.7. The Balaban J connectivity index is 2.15. The van der Waals surface area contributed by atoms with Crippen LogP contribution in [0.1, 0.15) is 5.56 Å². The molecule has 6 heteroatoms. The van der Waals surface area contributed by atoms with E-state index >= 15 is 0 Å². The van der Waals surface area contributed by atoms with Crippen LogP contribution in [-0.4, -0.2) is 14.6 Å². The zero-order valence-corrected chi connectivity index (χ0v) is 11.0. The van der Waals surface area contributed by atoms with Gasteiger partial charge in [0.2, 0.25) is 0 Å². The van der Waals surface area contributed by atoms with Crippen molar-refractivity contribution >= 4 is 28.8 Å².